The van der Waals surface area contributed by atoms with Crippen LogP contribution in [-0.2, 0) is 4.79 Å². The molecule has 40 heavy (non-hydrogen) atoms. The number of hydrogen-bond donors (Lipinski definition) is 1. The van der Waals surface area contributed by atoms with E-state index in [1.165, 1.54) is 18.0 Å². The number of nitrogens with zero attached hydrogens (tertiary/aromatic N) is 5. The van der Waals surface area contributed by atoms with E-state index >= 15 is 0 Å². The van der Waals surface area contributed by atoms with E-state index in [-0.39, 0.29) is 11.7 Å². The van der Waals surface area contributed by atoms with Crippen LogP contribution in [0, 0.1) is 6.92 Å². The molecule has 10 heteroatoms. The van der Waals surface area contributed by atoms with Gasteiger partial charge in [-0.1, -0.05) is 47.7 Å². The number of hydrazone groups is 1. The first-order valence-electron chi connectivity index (χ1n) is 12.3. The molecular formula is C30H24N6O3S. The number of benzene rings is 3. The first kappa shape index (κ1) is 26.5. The van der Waals surface area contributed by atoms with Crippen molar-refractivity contribution >= 4 is 29.9 Å². The van der Waals surface area contributed by atoms with Gasteiger partial charge in [0.25, 0.3) is 5.91 Å². The van der Waals surface area contributed by atoms with E-state index in [1.807, 2.05) is 66.1 Å². The maximum absolute atomic E-state index is 12.5. The molecule has 2 heterocycles. The number of para-hydroxylation sites is 1. The Labute approximate surface area is 235 Å². The molecule has 198 valence electrons. The fourth-order valence-electron chi connectivity index (χ4n) is 3.68. The summed E-state index contributed by atoms with van der Waals surface area (Å²) in [6.45, 7) is 1.95. The number of hydrogen-bond acceptors (Lipinski definition) is 8. The van der Waals surface area contributed by atoms with Crippen molar-refractivity contribution in [2.24, 2.45) is 5.10 Å². The summed E-state index contributed by atoms with van der Waals surface area (Å²) in [6.07, 6.45) is 4.91. The lowest BCUT2D eigenvalue weighted by atomic mass is 10.1. The first-order chi connectivity index (χ1) is 19.6. The summed E-state index contributed by atoms with van der Waals surface area (Å²) >= 11 is 1.26. The van der Waals surface area contributed by atoms with Gasteiger partial charge in [-0.05, 0) is 73.2 Å². The summed E-state index contributed by atoms with van der Waals surface area (Å²) in [4.78, 5) is 28.9. The number of esters is 1. The summed E-state index contributed by atoms with van der Waals surface area (Å²) < 4.78 is 7.32. The van der Waals surface area contributed by atoms with Gasteiger partial charge in [-0.3, -0.25) is 14.3 Å². The van der Waals surface area contributed by atoms with Crippen LogP contribution in [0.15, 0.2) is 114 Å². The van der Waals surface area contributed by atoms with E-state index in [0.29, 0.717) is 22.3 Å². The molecule has 5 aromatic rings. The summed E-state index contributed by atoms with van der Waals surface area (Å²) in [7, 11) is 0. The minimum atomic E-state index is -0.429. The van der Waals surface area contributed by atoms with Crippen molar-refractivity contribution in [2.45, 2.75) is 12.1 Å². The van der Waals surface area contributed by atoms with Crippen LogP contribution in [0.3, 0.4) is 0 Å². The number of ether oxygens (including phenoxy) is 1. The highest BCUT2D eigenvalue weighted by Crippen LogP contribution is 2.27. The Kier molecular flexibility index (Phi) is 8.38. The third-order valence-corrected chi connectivity index (χ3v) is 6.63. The van der Waals surface area contributed by atoms with Crippen molar-refractivity contribution in [3.8, 4) is 22.8 Å². The lowest BCUT2D eigenvalue weighted by molar-refractivity contribution is -0.118. The third-order valence-electron chi connectivity index (χ3n) is 5.70. The van der Waals surface area contributed by atoms with Crippen LogP contribution in [-0.4, -0.2) is 43.6 Å². The zero-order valence-electron chi connectivity index (χ0n) is 21.5. The summed E-state index contributed by atoms with van der Waals surface area (Å²) in [6, 6.07) is 27.4. The molecule has 0 aliphatic heterocycles. The van der Waals surface area contributed by atoms with Crippen LogP contribution in [0.1, 0.15) is 21.5 Å². The lowest BCUT2D eigenvalue weighted by Crippen LogP contribution is -2.20. The number of thioether (sulfide) groups is 1. The average molecular weight is 549 g/mol. The maximum Gasteiger partial charge on any atom is 0.343 e. The fraction of sp³-hybridized carbons (Fsp3) is 0.0667. The minimum absolute atomic E-state index is 0.0898. The Morgan fingerprint density at radius 3 is 2.38 bits per heavy atom. The number of amides is 1. The predicted octanol–water partition coefficient (Wildman–Crippen LogP) is 5.10. The highest BCUT2D eigenvalue weighted by atomic mass is 32.2. The van der Waals surface area contributed by atoms with Crippen molar-refractivity contribution in [1.82, 2.24) is 25.2 Å². The largest absolute Gasteiger partial charge is 0.423 e. The van der Waals surface area contributed by atoms with E-state index in [1.54, 1.807) is 48.8 Å². The molecule has 1 amide bonds. The van der Waals surface area contributed by atoms with Crippen LogP contribution in [0.2, 0.25) is 0 Å². The topological polar surface area (TPSA) is 111 Å². The molecule has 0 spiro atoms. The highest BCUT2D eigenvalue weighted by molar-refractivity contribution is 7.99. The predicted molar refractivity (Wildman–Crippen MR) is 154 cm³/mol. The van der Waals surface area contributed by atoms with Gasteiger partial charge in [0, 0.05) is 23.6 Å². The number of carbonyl (C=O) groups excluding carboxylic acids is 2. The molecule has 3 aromatic carbocycles. The van der Waals surface area contributed by atoms with Crippen LogP contribution < -0.4 is 10.2 Å². The molecule has 0 atom stereocenters. The normalized spacial score (nSPS) is 10.9. The second-order valence-electron chi connectivity index (χ2n) is 8.62. The molecule has 0 saturated carbocycles. The second kappa shape index (κ2) is 12.6. The first-order valence-corrected chi connectivity index (χ1v) is 13.3. The van der Waals surface area contributed by atoms with Gasteiger partial charge in [0.05, 0.1) is 17.5 Å². The highest BCUT2D eigenvalue weighted by Gasteiger charge is 2.17. The van der Waals surface area contributed by atoms with Gasteiger partial charge in [0.15, 0.2) is 11.0 Å². The molecule has 0 unspecified atom stereocenters. The Bertz CT molecular complexity index is 1620. The molecule has 0 radical (unpaired) electrons. The molecule has 5 rings (SSSR count). The van der Waals surface area contributed by atoms with E-state index in [0.717, 1.165) is 22.4 Å². The molecule has 0 aliphatic carbocycles. The Balaban J connectivity index is 1.17. The Morgan fingerprint density at radius 1 is 0.925 bits per heavy atom. The number of pyridine rings is 1. The third kappa shape index (κ3) is 6.66. The van der Waals surface area contributed by atoms with E-state index < -0.39 is 5.97 Å². The smallest absolute Gasteiger partial charge is 0.343 e. The van der Waals surface area contributed by atoms with Crippen LogP contribution in [0.5, 0.6) is 5.75 Å². The van der Waals surface area contributed by atoms with E-state index in [2.05, 4.69) is 25.7 Å². The van der Waals surface area contributed by atoms with E-state index in [9.17, 15) is 9.59 Å². The monoisotopic (exact) mass is 548 g/mol. The molecular weight excluding hydrogens is 524 g/mol. The van der Waals surface area contributed by atoms with Crippen molar-refractivity contribution < 1.29 is 14.3 Å². The number of aryl methyl sites for hydroxylation is 1. The summed E-state index contributed by atoms with van der Waals surface area (Å²) in [5, 5.41) is 13.3. The van der Waals surface area contributed by atoms with Gasteiger partial charge < -0.3 is 4.74 Å². The zero-order valence-corrected chi connectivity index (χ0v) is 22.3. The van der Waals surface area contributed by atoms with Crippen molar-refractivity contribution in [3.05, 3.63) is 120 Å². The van der Waals surface area contributed by atoms with Crippen LogP contribution in [0.4, 0.5) is 0 Å². The maximum atomic E-state index is 12.5. The molecule has 1 N–H and O–H groups in total. The standard InChI is InChI=1S/C30H24N6O3S/c1-21-7-11-24(12-8-21)29(38)39-26-13-9-22(10-14-26)19-32-33-27(37)20-40-30-35-34-28(23-15-17-31-18-16-23)36(30)25-5-3-2-4-6-25/h2-19H,20H2,1H3,(H,33,37)/b32-19+. The Hall–Kier alpha value is -5.09. The molecule has 0 aliphatic rings. The van der Waals surface area contributed by atoms with Gasteiger partial charge >= 0.3 is 5.97 Å². The van der Waals surface area contributed by atoms with Gasteiger partial charge in [-0.25, -0.2) is 10.2 Å². The second-order valence-corrected chi connectivity index (χ2v) is 9.56. The Morgan fingerprint density at radius 2 is 1.65 bits per heavy atom. The quantitative estimate of drug-likeness (QED) is 0.0897. The van der Waals surface area contributed by atoms with E-state index in [4.69, 9.17) is 4.74 Å². The number of carbonyl (C=O) groups is 2. The molecule has 9 nitrogen and oxygen atoms in total. The van der Waals surface area contributed by atoms with Crippen molar-refractivity contribution in [2.75, 3.05) is 5.75 Å². The van der Waals surface area contributed by atoms with Crippen LogP contribution in [0.25, 0.3) is 17.1 Å². The minimum Gasteiger partial charge on any atom is -0.423 e. The fourth-order valence-corrected chi connectivity index (χ4v) is 4.42. The number of nitrogens with one attached hydrogen (secondary N) is 1. The van der Waals surface area contributed by atoms with Gasteiger partial charge in [-0.15, -0.1) is 10.2 Å². The van der Waals surface area contributed by atoms with Crippen molar-refractivity contribution in [1.29, 1.82) is 0 Å². The average Bonchev–Trinajstić information content (AvgIpc) is 3.42. The van der Waals surface area contributed by atoms with Gasteiger partial charge in [0.2, 0.25) is 0 Å². The van der Waals surface area contributed by atoms with Crippen LogP contribution >= 0.6 is 11.8 Å². The molecule has 2 aromatic heterocycles. The molecule has 0 saturated heterocycles. The summed E-state index contributed by atoms with van der Waals surface area (Å²) in [5.41, 5.74) is 6.55. The van der Waals surface area contributed by atoms with Gasteiger partial charge in [-0.2, -0.15) is 5.10 Å². The van der Waals surface area contributed by atoms with Gasteiger partial charge in [0.1, 0.15) is 5.75 Å². The SMILES string of the molecule is Cc1ccc(C(=O)Oc2ccc(/C=N/NC(=O)CSc3nnc(-c4ccncc4)n3-c3ccccc3)cc2)cc1. The lowest BCUT2D eigenvalue weighted by Gasteiger charge is -2.10. The number of rotatable bonds is 9. The molecule has 0 fully saturated rings. The van der Waals surface area contributed by atoms with Crippen molar-refractivity contribution in [3.63, 3.8) is 0 Å². The molecule has 0 bridgehead atoms. The zero-order chi connectivity index (χ0) is 27.7. The summed E-state index contributed by atoms with van der Waals surface area (Å²) in [5.74, 6) is 0.437. The number of aromatic nitrogens is 4.